The minimum absolute atomic E-state index is 0.198. The Hall–Kier alpha value is -3.71. The predicted molar refractivity (Wildman–Crippen MR) is 168 cm³/mol. The van der Waals surface area contributed by atoms with Crippen molar-refractivity contribution in [2.24, 2.45) is 0 Å². The molecule has 0 spiro atoms. The Balaban J connectivity index is 1.96. The third kappa shape index (κ3) is 11.3. The summed E-state index contributed by atoms with van der Waals surface area (Å²) in [7, 11) is 0. The number of ether oxygens (including phenoxy) is 4. The molecule has 0 saturated heterocycles. The molecule has 6 nitrogen and oxygen atoms in total. The highest BCUT2D eigenvalue weighted by molar-refractivity contribution is 5.68. The molecule has 3 aromatic rings. The van der Waals surface area contributed by atoms with Gasteiger partial charge in [-0.3, -0.25) is 4.90 Å². The molecule has 0 heterocycles. The lowest BCUT2D eigenvalue weighted by Gasteiger charge is -2.39. The first-order valence-corrected chi connectivity index (χ1v) is 14.5. The summed E-state index contributed by atoms with van der Waals surface area (Å²) in [6, 6.07) is 29.3. The summed E-state index contributed by atoms with van der Waals surface area (Å²) in [5.74, 6) is 0. The Kier molecular flexibility index (Phi) is 13.5. The minimum Gasteiger partial charge on any atom is -0.444 e. The molecule has 1 amide bonds. The maximum absolute atomic E-state index is 13.7. The molecule has 6 heteroatoms. The zero-order valence-electron chi connectivity index (χ0n) is 25.2. The molecule has 0 saturated carbocycles. The Morgan fingerprint density at radius 2 is 1.29 bits per heavy atom. The van der Waals surface area contributed by atoms with Crippen LogP contribution < -0.4 is 0 Å². The van der Waals surface area contributed by atoms with Gasteiger partial charge in [-0.15, -0.1) is 13.2 Å². The van der Waals surface area contributed by atoms with Gasteiger partial charge in [-0.2, -0.15) is 0 Å². The van der Waals surface area contributed by atoms with E-state index in [0.717, 1.165) is 16.7 Å². The molecule has 3 atom stereocenters. The first kappa shape index (κ1) is 32.8. The number of nitrogens with zero attached hydrogens (tertiary/aromatic N) is 1. The van der Waals surface area contributed by atoms with Gasteiger partial charge in [0.2, 0.25) is 0 Å². The van der Waals surface area contributed by atoms with Gasteiger partial charge in [-0.25, -0.2) is 4.79 Å². The Morgan fingerprint density at radius 3 is 1.76 bits per heavy atom. The first-order chi connectivity index (χ1) is 20.3. The molecule has 0 N–H and O–H groups in total. The second-order valence-corrected chi connectivity index (χ2v) is 11.1. The molecule has 0 aromatic heterocycles. The van der Waals surface area contributed by atoms with Crippen molar-refractivity contribution in [3.8, 4) is 0 Å². The van der Waals surface area contributed by atoms with E-state index in [1.807, 2.05) is 112 Å². The second kappa shape index (κ2) is 17.3. The SMILES string of the molecule is C=CCCN(C(=O)OC(C)(C)C)[C@H](COCc1ccccc1)[C@@H](OCc1ccccc1)[C@@H](C=C)OCc1ccccc1. The molecule has 42 heavy (non-hydrogen) atoms. The van der Waals surface area contributed by atoms with Crippen LogP contribution in [0, 0.1) is 0 Å². The minimum atomic E-state index is -0.680. The zero-order chi connectivity index (χ0) is 30.2. The normalized spacial score (nSPS) is 13.5. The predicted octanol–water partition coefficient (Wildman–Crippen LogP) is 7.74. The van der Waals surface area contributed by atoms with E-state index in [9.17, 15) is 4.79 Å². The summed E-state index contributed by atoms with van der Waals surface area (Å²) < 4.78 is 25.2. The maximum Gasteiger partial charge on any atom is 0.410 e. The van der Waals surface area contributed by atoms with Gasteiger partial charge in [-0.1, -0.05) is 103 Å². The fraction of sp³-hybridized carbons (Fsp3) is 0.361. The van der Waals surface area contributed by atoms with Crippen LogP contribution in [0.2, 0.25) is 0 Å². The van der Waals surface area contributed by atoms with Gasteiger partial charge in [0.25, 0.3) is 0 Å². The van der Waals surface area contributed by atoms with Gasteiger partial charge >= 0.3 is 6.09 Å². The van der Waals surface area contributed by atoms with Crippen molar-refractivity contribution in [3.63, 3.8) is 0 Å². The smallest absolute Gasteiger partial charge is 0.410 e. The lowest BCUT2D eigenvalue weighted by molar-refractivity contribution is -0.116. The third-order valence-corrected chi connectivity index (χ3v) is 6.51. The lowest BCUT2D eigenvalue weighted by Crippen LogP contribution is -2.55. The van der Waals surface area contributed by atoms with Crippen LogP contribution in [0.15, 0.2) is 116 Å². The highest BCUT2D eigenvalue weighted by Gasteiger charge is 2.38. The van der Waals surface area contributed by atoms with Crippen molar-refractivity contribution in [1.82, 2.24) is 4.90 Å². The van der Waals surface area contributed by atoms with Crippen LogP contribution in [0.3, 0.4) is 0 Å². The fourth-order valence-corrected chi connectivity index (χ4v) is 4.43. The number of hydrogen-bond donors (Lipinski definition) is 0. The summed E-state index contributed by atoms with van der Waals surface area (Å²) in [5, 5.41) is 0. The molecule has 0 radical (unpaired) electrons. The molecule has 0 unspecified atom stereocenters. The molecule has 0 aliphatic carbocycles. The Morgan fingerprint density at radius 1 is 0.786 bits per heavy atom. The van der Waals surface area contributed by atoms with Gasteiger partial charge in [0, 0.05) is 6.54 Å². The van der Waals surface area contributed by atoms with Gasteiger partial charge in [-0.05, 0) is 43.9 Å². The van der Waals surface area contributed by atoms with Crippen molar-refractivity contribution >= 4 is 6.09 Å². The molecule has 0 aliphatic heterocycles. The van der Waals surface area contributed by atoms with Crippen LogP contribution in [0.1, 0.15) is 43.9 Å². The Bertz CT molecular complexity index is 1190. The summed E-state index contributed by atoms with van der Waals surface area (Å²) in [6.45, 7) is 15.2. The van der Waals surface area contributed by atoms with Crippen molar-refractivity contribution in [1.29, 1.82) is 0 Å². The van der Waals surface area contributed by atoms with Crippen LogP contribution in [-0.2, 0) is 38.8 Å². The van der Waals surface area contributed by atoms with E-state index >= 15 is 0 Å². The van der Waals surface area contributed by atoms with E-state index in [4.69, 9.17) is 18.9 Å². The summed E-state index contributed by atoms with van der Waals surface area (Å²) >= 11 is 0. The largest absolute Gasteiger partial charge is 0.444 e. The van der Waals surface area contributed by atoms with Gasteiger partial charge in [0.05, 0.1) is 32.5 Å². The highest BCUT2D eigenvalue weighted by atomic mass is 16.6. The molecular formula is C36H45NO5. The van der Waals surface area contributed by atoms with Crippen LogP contribution in [-0.4, -0.2) is 48.0 Å². The van der Waals surface area contributed by atoms with Crippen molar-refractivity contribution in [2.45, 2.75) is 70.9 Å². The van der Waals surface area contributed by atoms with Crippen LogP contribution >= 0.6 is 0 Å². The van der Waals surface area contributed by atoms with E-state index in [-0.39, 0.29) is 6.61 Å². The second-order valence-electron chi connectivity index (χ2n) is 11.1. The lowest BCUT2D eigenvalue weighted by atomic mass is 10.0. The number of carbonyl (C=O) groups excluding carboxylic acids is 1. The van der Waals surface area contributed by atoms with E-state index in [2.05, 4.69) is 13.2 Å². The van der Waals surface area contributed by atoms with E-state index < -0.39 is 29.9 Å². The first-order valence-electron chi connectivity index (χ1n) is 14.5. The summed E-state index contributed by atoms with van der Waals surface area (Å²) in [4.78, 5) is 15.4. The molecular weight excluding hydrogens is 526 g/mol. The van der Waals surface area contributed by atoms with Gasteiger partial charge in [0.1, 0.15) is 17.8 Å². The fourth-order valence-electron chi connectivity index (χ4n) is 4.43. The molecule has 3 aromatic carbocycles. The average molecular weight is 572 g/mol. The third-order valence-electron chi connectivity index (χ3n) is 6.51. The van der Waals surface area contributed by atoms with E-state index in [1.54, 1.807) is 17.1 Å². The number of rotatable bonds is 17. The standard InChI is InChI=1S/C36H45NO5/c1-6-8-24-37(35(38)42-36(3,4)5)32(28-39-25-29-18-12-9-13-19-29)34(41-27-31-22-16-11-17-23-31)33(7-2)40-26-30-20-14-10-15-21-30/h6-7,9-23,32-34H,1-2,8,24-28H2,3-5H3/t32-,33-,34-/m1/s1. The van der Waals surface area contributed by atoms with Gasteiger partial charge < -0.3 is 18.9 Å². The number of benzene rings is 3. The molecule has 224 valence electrons. The molecule has 0 aliphatic rings. The van der Waals surface area contributed by atoms with Crippen LogP contribution in [0.5, 0.6) is 0 Å². The maximum atomic E-state index is 13.7. The monoisotopic (exact) mass is 571 g/mol. The quantitative estimate of drug-likeness (QED) is 0.155. The Labute approximate surface area is 251 Å². The van der Waals surface area contributed by atoms with Crippen molar-refractivity contribution in [3.05, 3.63) is 133 Å². The number of amides is 1. The average Bonchev–Trinajstić information content (AvgIpc) is 2.99. The number of hydrogen-bond acceptors (Lipinski definition) is 5. The summed E-state index contributed by atoms with van der Waals surface area (Å²) in [6.07, 6.45) is 2.49. The van der Waals surface area contributed by atoms with Gasteiger partial charge in [0.15, 0.2) is 0 Å². The number of carbonyl (C=O) groups is 1. The van der Waals surface area contributed by atoms with Crippen LogP contribution in [0.25, 0.3) is 0 Å². The highest BCUT2D eigenvalue weighted by Crippen LogP contribution is 2.23. The molecule has 0 bridgehead atoms. The van der Waals surface area contributed by atoms with Crippen LogP contribution in [0.4, 0.5) is 4.79 Å². The van der Waals surface area contributed by atoms with Crippen molar-refractivity contribution in [2.75, 3.05) is 13.2 Å². The summed E-state index contributed by atoms with van der Waals surface area (Å²) in [5.41, 5.74) is 2.39. The van der Waals surface area contributed by atoms with E-state index in [1.165, 1.54) is 0 Å². The zero-order valence-corrected chi connectivity index (χ0v) is 25.2. The molecule has 3 rings (SSSR count). The topological polar surface area (TPSA) is 57.2 Å². The van der Waals surface area contributed by atoms with E-state index in [0.29, 0.717) is 32.8 Å². The molecule has 0 fully saturated rings. The van der Waals surface area contributed by atoms with Crippen molar-refractivity contribution < 1.29 is 23.7 Å².